The maximum atomic E-state index is 13.5. The van der Waals surface area contributed by atoms with Gasteiger partial charge in [-0.15, -0.1) is 0 Å². The summed E-state index contributed by atoms with van der Waals surface area (Å²) in [6.45, 7) is 5.32. The van der Waals surface area contributed by atoms with Crippen LogP contribution < -0.4 is 16.0 Å². The number of nitrogens with zero attached hydrogens (tertiary/aromatic N) is 5. The Bertz CT molecular complexity index is 1790. The number of primary amides is 1. The Kier molecular flexibility index (Phi) is 8.21. The van der Waals surface area contributed by atoms with Gasteiger partial charge in [-0.05, 0) is 82.6 Å². The highest BCUT2D eigenvalue weighted by Gasteiger charge is 2.47. The third kappa shape index (κ3) is 6.27. The maximum Gasteiger partial charge on any atom is 0.433 e. The lowest BCUT2D eigenvalue weighted by atomic mass is 9.87. The smallest absolute Gasteiger partial charge is 0.373 e. The Balaban J connectivity index is 1.16. The predicted molar refractivity (Wildman–Crippen MR) is 172 cm³/mol. The highest BCUT2D eigenvalue weighted by molar-refractivity contribution is 6.16. The molecule has 3 fully saturated rings. The van der Waals surface area contributed by atoms with Crippen LogP contribution in [-0.4, -0.2) is 57.3 Å². The van der Waals surface area contributed by atoms with E-state index in [2.05, 4.69) is 37.3 Å². The summed E-state index contributed by atoms with van der Waals surface area (Å²) < 4.78 is 46.6. The number of carbonyl (C=O) groups is 2. The fraction of sp³-hybridized carbons (Fsp3) is 0.486. The molecule has 1 aromatic carbocycles. The maximum absolute atomic E-state index is 13.5. The van der Waals surface area contributed by atoms with Gasteiger partial charge in [-0.25, -0.2) is 15.0 Å². The molecule has 13 heteroatoms. The van der Waals surface area contributed by atoms with Crippen LogP contribution in [0.15, 0.2) is 35.3 Å². The van der Waals surface area contributed by atoms with E-state index in [0.717, 1.165) is 65.5 Å². The summed E-state index contributed by atoms with van der Waals surface area (Å²) >= 11 is 0. The number of hydrogen-bond acceptors (Lipinski definition) is 8. The normalized spacial score (nSPS) is 19.3. The summed E-state index contributed by atoms with van der Waals surface area (Å²) in [5, 5.41) is 2.89. The molecule has 4 heterocycles. The molecular formula is C35H38F3N7O3. The first-order chi connectivity index (χ1) is 22.9. The second-order valence-electron chi connectivity index (χ2n) is 13.4. The van der Waals surface area contributed by atoms with Gasteiger partial charge in [0.05, 0.1) is 24.8 Å². The molecular weight excluding hydrogens is 623 g/mol. The molecule has 48 heavy (non-hydrogen) atoms. The average molecular weight is 662 g/mol. The van der Waals surface area contributed by atoms with Crippen LogP contribution in [0.4, 0.5) is 18.9 Å². The van der Waals surface area contributed by atoms with Crippen molar-refractivity contribution < 1.29 is 27.5 Å². The third-order valence-corrected chi connectivity index (χ3v) is 9.90. The van der Waals surface area contributed by atoms with Gasteiger partial charge in [0.2, 0.25) is 5.91 Å². The zero-order chi connectivity index (χ0) is 33.8. The van der Waals surface area contributed by atoms with Crippen LogP contribution in [0.3, 0.4) is 0 Å². The summed E-state index contributed by atoms with van der Waals surface area (Å²) in [5.74, 6) is -0.0988. The number of piperidine rings is 1. The van der Waals surface area contributed by atoms with Crippen molar-refractivity contribution in [2.24, 2.45) is 10.7 Å². The molecule has 1 saturated heterocycles. The van der Waals surface area contributed by atoms with Gasteiger partial charge in [-0.3, -0.25) is 14.6 Å². The zero-order valence-electron chi connectivity index (χ0n) is 27.0. The van der Waals surface area contributed by atoms with E-state index < -0.39 is 23.3 Å². The van der Waals surface area contributed by atoms with Crippen LogP contribution in [0.5, 0.6) is 0 Å². The molecule has 2 amide bonds. The van der Waals surface area contributed by atoms with Gasteiger partial charge in [0, 0.05) is 52.8 Å². The lowest BCUT2D eigenvalue weighted by Crippen LogP contribution is -2.49. The van der Waals surface area contributed by atoms with E-state index in [1.807, 2.05) is 19.9 Å². The number of aryl methyl sites for hydroxylation is 2. The standard InChI is InChI=1S/C35H38F3N7O3/c1-19-30(20(2)41-29(40-19)17-28(39)46)22-8-9-23(18-48-24-4-3-5-24)26(16-22)45-14-12-34(13-15-45)33(47)43-32(44-34)25-10-11-27(35(36,37)38)42-31(25)21-6-7-21/h8-11,16,21,24H,3-7,12-15,17-18H2,1-2H3,(H2,39,46)(H,43,44,47). The number of alkyl halides is 3. The number of aromatic nitrogens is 3. The molecule has 0 radical (unpaired) electrons. The average Bonchev–Trinajstić information content (AvgIpc) is 3.80. The molecule has 252 valence electrons. The molecule has 3 N–H and O–H groups in total. The van der Waals surface area contributed by atoms with Gasteiger partial charge in [0.25, 0.3) is 5.91 Å². The summed E-state index contributed by atoms with van der Waals surface area (Å²) in [5.41, 5.74) is 9.58. The topological polar surface area (TPSA) is 136 Å². The van der Waals surface area contributed by atoms with Crippen molar-refractivity contribution in [3.05, 3.63) is 70.1 Å². The SMILES string of the molecule is Cc1nc(CC(N)=O)nc(C)c1-c1ccc(COC2CCC2)c(N2CCC3(CC2)N=C(c2ccc(C(F)(F)F)nc2C2CC2)NC3=O)c1. The minimum absolute atomic E-state index is 0.0325. The summed E-state index contributed by atoms with van der Waals surface area (Å²) in [4.78, 5) is 45.2. The first kappa shape index (κ1) is 32.2. The number of hydrogen-bond donors (Lipinski definition) is 2. The van der Waals surface area contributed by atoms with Gasteiger partial charge < -0.3 is 20.7 Å². The number of carbonyl (C=O) groups excluding carboxylic acids is 2. The van der Waals surface area contributed by atoms with Gasteiger partial charge in [0.1, 0.15) is 22.9 Å². The van der Waals surface area contributed by atoms with Crippen molar-refractivity contribution in [1.82, 2.24) is 20.3 Å². The highest BCUT2D eigenvalue weighted by atomic mass is 19.4. The minimum Gasteiger partial charge on any atom is -0.373 e. The molecule has 10 nitrogen and oxygen atoms in total. The first-order valence-corrected chi connectivity index (χ1v) is 16.5. The number of rotatable bonds is 9. The molecule has 4 aliphatic rings. The molecule has 3 aromatic rings. The van der Waals surface area contributed by atoms with E-state index in [1.165, 1.54) is 12.5 Å². The molecule has 2 aliphatic heterocycles. The number of nitrogens with one attached hydrogen (secondary N) is 1. The number of aliphatic imine (C=N–C) groups is 1. The zero-order valence-corrected chi connectivity index (χ0v) is 27.0. The van der Waals surface area contributed by atoms with Gasteiger partial charge in [0.15, 0.2) is 0 Å². The lowest BCUT2D eigenvalue weighted by molar-refractivity contribution is -0.141. The second-order valence-corrected chi connectivity index (χ2v) is 13.4. The Labute approximate surface area is 276 Å². The number of ether oxygens (including phenoxy) is 1. The number of halogens is 3. The van der Waals surface area contributed by atoms with Gasteiger partial charge in [-0.2, -0.15) is 13.2 Å². The Morgan fingerprint density at radius 1 is 1.04 bits per heavy atom. The fourth-order valence-corrected chi connectivity index (χ4v) is 6.92. The minimum atomic E-state index is -4.55. The van der Waals surface area contributed by atoms with Crippen molar-refractivity contribution in [3.8, 4) is 11.1 Å². The quantitative estimate of drug-likeness (QED) is 0.327. The van der Waals surface area contributed by atoms with Crippen molar-refractivity contribution >= 4 is 23.3 Å². The Hall–Kier alpha value is -4.39. The molecule has 2 aliphatic carbocycles. The lowest BCUT2D eigenvalue weighted by Gasteiger charge is -2.38. The van der Waals surface area contributed by atoms with E-state index in [0.29, 0.717) is 55.5 Å². The van der Waals surface area contributed by atoms with Crippen LogP contribution >= 0.6 is 0 Å². The van der Waals surface area contributed by atoms with Crippen LogP contribution in [0.2, 0.25) is 0 Å². The van der Waals surface area contributed by atoms with Crippen LogP contribution in [-0.2, 0) is 33.5 Å². The van der Waals surface area contributed by atoms with Crippen molar-refractivity contribution in [3.63, 3.8) is 0 Å². The summed E-state index contributed by atoms with van der Waals surface area (Å²) in [7, 11) is 0. The van der Waals surface area contributed by atoms with E-state index >= 15 is 0 Å². The molecule has 0 unspecified atom stereocenters. The first-order valence-electron chi connectivity index (χ1n) is 16.5. The molecule has 0 atom stereocenters. The van der Waals surface area contributed by atoms with E-state index in [4.69, 9.17) is 15.5 Å². The molecule has 0 bridgehead atoms. The van der Waals surface area contributed by atoms with E-state index in [1.54, 1.807) is 0 Å². The Morgan fingerprint density at radius 3 is 2.35 bits per heavy atom. The molecule has 7 rings (SSSR count). The number of anilines is 1. The molecule has 2 aromatic heterocycles. The summed E-state index contributed by atoms with van der Waals surface area (Å²) in [6, 6.07) is 8.58. The third-order valence-electron chi connectivity index (χ3n) is 9.90. The van der Waals surface area contributed by atoms with E-state index in [9.17, 15) is 22.8 Å². The Morgan fingerprint density at radius 2 is 1.75 bits per heavy atom. The van der Waals surface area contributed by atoms with Gasteiger partial charge >= 0.3 is 6.18 Å². The molecule has 1 spiro atoms. The van der Waals surface area contributed by atoms with Gasteiger partial charge in [-0.1, -0.05) is 12.1 Å². The highest BCUT2D eigenvalue weighted by Crippen LogP contribution is 2.43. The monoisotopic (exact) mass is 661 g/mol. The largest absolute Gasteiger partial charge is 0.433 e. The fourth-order valence-electron chi connectivity index (χ4n) is 6.92. The number of pyridine rings is 1. The number of benzene rings is 1. The van der Waals surface area contributed by atoms with Crippen LogP contribution in [0, 0.1) is 13.8 Å². The second kappa shape index (κ2) is 12.2. The summed E-state index contributed by atoms with van der Waals surface area (Å²) in [6.07, 6.45) is 1.35. The number of amides is 2. The van der Waals surface area contributed by atoms with Crippen LogP contribution in [0.1, 0.15) is 90.6 Å². The van der Waals surface area contributed by atoms with Crippen molar-refractivity contribution in [1.29, 1.82) is 0 Å². The van der Waals surface area contributed by atoms with Crippen molar-refractivity contribution in [2.45, 2.75) is 95.6 Å². The van der Waals surface area contributed by atoms with Crippen molar-refractivity contribution in [2.75, 3.05) is 18.0 Å². The number of nitrogens with two attached hydrogens (primary N) is 1. The van der Waals surface area contributed by atoms with Crippen LogP contribution in [0.25, 0.3) is 11.1 Å². The predicted octanol–water partition coefficient (Wildman–Crippen LogP) is 5.06. The van der Waals surface area contributed by atoms with E-state index in [-0.39, 0.29) is 24.3 Å². The number of amidine groups is 1. The molecule has 2 saturated carbocycles.